The molecular formula is C16H23ClN4. The van der Waals surface area contributed by atoms with Crippen molar-refractivity contribution >= 4 is 22.8 Å². The van der Waals surface area contributed by atoms with Crippen molar-refractivity contribution in [2.75, 3.05) is 19.0 Å². The lowest BCUT2D eigenvalue weighted by molar-refractivity contribution is 0.260. The van der Waals surface area contributed by atoms with Crippen LogP contribution in [-0.4, -0.2) is 44.4 Å². The highest BCUT2D eigenvalue weighted by molar-refractivity contribution is 6.17. The Morgan fingerprint density at radius 1 is 1.43 bits per heavy atom. The summed E-state index contributed by atoms with van der Waals surface area (Å²) < 4.78 is 2.28. The van der Waals surface area contributed by atoms with Crippen LogP contribution in [0.15, 0.2) is 18.3 Å². The lowest BCUT2D eigenvalue weighted by Gasteiger charge is -2.20. The van der Waals surface area contributed by atoms with Gasteiger partial charge in [-0.2, -0.15) is 0 Å². The van der Waals surface area contributed by atoms with Crippen LogP contribution < -0.4 is 0 Å². The summed E-state index contributed by atoms with van der Waals surface area (Å²) in [6.07, 6.45) is 3.91. The zero-order chi connectivity index (χ0) is 14.8. The second-order valence-corrected chi connectivity index (χ2v) is 6.55. The number of nitrogens with zero attached hydrogens (tertiary/aromatic N) is 4. The van der Waals surface area contributed by atoms with E-state index in [0.29, 0.717) is 17.8 Å². The summed E-state index contributed by atoms with van der Waals surface area (Å²) in [5, 5.41) is 0. The minimum atomic E-state index is 0.603. The molecule has 3 rings (SSSR count). The van der Waals surface area contributed by atoms with Crippen LogP contribution in [-0.2, 0) is 13.0 Å². The fraction of sp³-hybridized carbons (Fsp3) is 0.625. The van der Waals surface area contributed by atoms with E-state index in [4.69, 9.17) is 16.6 Å². The first-order chi connectivity index (χ1) is 10.2. The fourth-order valence-corrected chi connectivity index (χ4v) is 3.38. The average molecular weight is 307 g/mol. The van der Waals surface area contributed by atoms with Gasteiger partial charge in [-0.1, -0.05) is 0 Å². The van der Waals surface area contributed by atoms with Crippen molar-refractivity contribution in [1.29, 1.82) is 0 Å². The van der Waals surface area contributed by atoms with Gasteiger partial charge in [0.25, 0.3) is 0 Å². The minimum absolute atomic E-state index is 0.603. The Morgan fingerprint density at radius 3 is 3.00 bits per heavy atom. The number of imidazole rings is 1. The summed E-state index contributed by atoms with van der Waals surface area (Å²) >= 11 is 5.94. The number of halogens is 1. The number of aryl methyl sites for hydroxylation is 1. The van der Waals surface area contributed by atoms with E-state index in [1.54, 1.807) is 0 Å². The zero-order valence-corrected chi connectivity index (χ0v) is 13.6. The van der Waals surface area contributed by atoms with E-state index in [1.165, 1.54) is 19.5 Å². The maximum atomic E-state index is 5.94. The molecule has 21 heavy (non-hydrogen) atoms. The Hall–Kier alpha value is -1.13. The van der Waals surface area contributed by atoms with Crippen LogP contribution in [0.3, 0.4) is 0 Å². The van der Waals surface area contributed by atoms with Crippen LogP contribution in [0.5, 0.6) is 0 Å². The summed E-state index contributed by atoms with van der Waals surface area (Å²) in [5.74, 6) is 2.36. The van der Waals surface area contributed by atoms with Gasteiger partial charge < -0.3 is 9.47 Å². The smallest absolute Gasteiger partial charge is 0.159 e. The molecule has 0 aromatic carbocycles. The van der Waals surface area contributed by atoms with Crippen LogP contribution >= 0.6 is 11.6 Å². The molecule has 114 valence electrons. The molecule has 0 radical (unpaired) electrons. The molecule has 0 amide bonds. The predicted octanol–water partition coefficient (Wildman–Crippen LogP) is 2.94. The van der Waals surface area contributed by atoms with Crippen molar-refractivity contribution < 1.29 is 0 Å². The Balaban J connectivity index is 1.84. The van der Waals surface area contributed by atoms with Crippen molar-refractivity contribution in [2.24, 2.45) is 5.92 Å². The molecule has 5 heteroatoms. The van der Waals surface area contributed by atoms with Crippen LogP contribution in [0.2, 0.25) is 0 Å². The summed E-state index contributed by atoms with van der Waals surface area (Å²) in [6, 6.07) is 4.61. The number of alkyl halides is 1. The lowest BCUT2D eigenvalue weighted by Crippen LogP contribution is -2.29. The topological polar surface area (TPSA) is 34.0 Å². The van der Waals surface area contributed by atoms with E-state index in [9.17, 15) is 0 Å². The lowest BCUT2D eigenvalue weighted by atomic mass is 10.1. The Morgan fingerprint density at radius 2 is 2.29 bits per heavy atom. The Bertz CT molecular complexity index is 607. The van der Waals surface area contributed by atoms with Gasteiger partial charge in [0.15, 0.2) is 5.65 Å². The highest BCUT2D eigenvalue weighted by Gasteiger charge is 2.25. The predicted molar refractivity (Wildman–Crippen MR) is 86.8 cm³/mol. The van der Waals surface area contributed by atoms with E-state index < -0.39 is 0 Å². The number of aromatic nitrogens is 3. The molecule has 2 aromatic heterocycles. The van der Waals surface area contributed by atoms with Crippen LogP contribution in [0.25, 0.3) is 11.2 Å². The van der Waals surface area contributed by atoms with Gasteiger partial charge in [-0.3, -0.25) is 0 Å². The highest BCUT2D eigenvalue weighted by atomic mass is 35.5. The third-order valence-corrected chi connectivity index (χ3v) is 4.58. The van der Waals surface area contributed by atoms with Crippen LogP contribution in [0.1, 0.15) is 26.1 Å². The minimum Gasteiger partial charge on any atom is -0.312 e. The molecule has 0 aliphatic carbocycles. The number of fused-ring (bicyclic) bond motifs is 1. The normalized spacial score (nSPS) is 19.9. The third kappa shape index (κ3) is 3.06. The zero-order valence-electron chi connectivity index (χ0n) is 12.8. The standard InChI is InChI=1S/C16H23ClN4/c1-12(2)20-9-6-13(10-20)11-21-15(5-7-17)19-14-4-3-8-18-16(14)21/h3-4,8,12-13H,5-7,9-11H2,1-2H3. The summed E-state index contributed by atoms with van der Waals surface area (Å²) in [6.45, 7) is 7.92. The third-order valence-electron chi connectivity index (χ3n) is 4.39. The largest absolute Gasteiger partial charge is 0.312 e. The highest BCUT2D eigenvalue weighted by Crippen LogP contribution is 2.23. The van der Waals surface area contributed by atoms with Gasteiger partial charge in [-0.15, -0.1) is 11.6 Å². The number of hydrogen-bond donors (Lipinski definition) is 0. The molecule has 0 bridgehead atoms. The first-order valence-electron chi connectivity index (χ1n) is 7.79. The maximum absolute atomic E-state index is 5.94. The summed E-state index contributed by atoms with van der Waals surface area (Å²) in [4.78, 5) is 11.8. The molecular weight excluding hydrogens is 284 g/mol. The summed E-state index contributed by atoms with van der Waals surface area (Å²) in [5.41, 5.74) is 1.98. The fourth-order valence-electron chi connectivity index (χ4n) is 3.21. The first-order valence-corrected chi connectivity index (χ1v) is 8.32. The summed E-state index contributed by atoms with van der Waals surface area (Å²) in [7, 11) is 0. The average Bonchev–Trinajstić information content (AvgIpc) is 3.06. The van der Waals surface area contributed by atoms with Crippen LogP contribution in [0.4, 0.5) is 0 Å². The monoisotopic (exact) mass is 306 g/mol. The van der Waals surface area contributed by atoms with E-state index in [2.05, 4.69) is 28.3 Å². The molecule has 1 saturated heterocycles. The molecule has 1 aliphatic heterocycles. The van der Waals surface area contributed by atoms with Gasteiger partial charge in [0.1, 0.15) is 11.3 Å². The van der Waals surface area contributed by atoms with Crippen molar-refractivity contribution in [3.63, 3.8) is 0 Å². The first kappa shape index (κ1) is 14.8. The Kier molecular flexibility index (Phi) is 4.45. The van der Waals surface area contributed by atoms with Gasteiger partial charge in [0.2, 0.25) is 0 Å². The Labute approximate surface area is 131 Å². The number of rotatable bonds is 5. The van der Waals surface area contributed by atoms with Gasteiger partial charge in [0.05, 0.1) is 0 Å². The molecule has 0 N–H and O–H groups in total. The van der Waals surface area contributed by atoms with Crippen molar-refractivity contribution in [3.8, 4) is 0 Å². The molecule has 1 unspecified atom stereocenters. The van der Waals surface area contributed by atoms with E-state index in [0.717, 1.165) is 30.0 Å². The molecule has 0 saturated carbocycles. The van der Waals surface area contributed by atoms with Crippen molar-refractivity contribution in [1.82, 2.24) is 19.4 Å². The number of pyridine rings is 1. The molecule has 1 atom stereocenters. The van der Waals surface area contributed by atoms with Crippen LogP contribution in [0, 0.1) is 5.92 Å². The molecule has 1 fully saturated rings. The van der Waals surface area contributed by atoms with Gasteiger partial charge in [-0.25, -0.2) is 9.97 Å². The van der Waals surface area contributed by atoms with Gasteiger partial charge in [0, 0.05) is 37.6 Å². The quantitative estimate of drug-likeness (QED) is 0.797. The molecule has 0 spiro atoms. The van der Waals surface area contributed by atoms with Gasteiger partial charge >= 0.3 is 0 Å². The van der Waals surface area contributed by atoms with Gasteiger partial charge in [-0.05, 0) is 44.9 Å². The second kappa shape index (κ2) is 6.32. The molecule has 3 heterocycles. The van der Waals surface area contributed by atoms with E-state index in [-0.39, 0.29) is 0 Å². The van der Waals surface area contributed by atoms with Crippen molar-refractivity contribution in [2.45, 2.75) is 39.3 Å². The second-order valence-electron chi connectivity index (χ2n) is 6.17. The maximum Gasteiger partial charge on any atom is 0.159 e. The molecule has 2 aromatic rings. The number of likely N-dealkylation sites (tertiary alicyclic amines) is 1. The SMILES string of the molecule is CC(C)N1CCC(Cn2c(CCCl)nc3cccnc32)C1. The number of hydrogen-bond acceptors (Lipinski definition) is 3. The molecule has 1 aliphatic rings. The van der Waals surface area contributed by atoms with Crippen molar-refractivity contribution in [3.05, 3.63) is 24.2 Å². The van der Waals surface area contributed by atoms with E-state index in [1.807, 2.05) is 18.3 Å². The molecule has 4 nitrogen and oxygen atoms in total. The van der Waals surface area contributed by atoms with E-state index >= 15 is 0 Å².